The Kier molecular flexibility index (Phi) is 7.52. The highest BCUT2D eigenvalue weighted by atomic mass is 32.2. The molecule has 2 aromatic carbocycles. The summed E-state index contributed by atoms with van der Waals surface area (Å²) in [6, 6.07) is 15.3. The summed E-state index contributed by atoms with van der Waals surface area (Å²) in [5.41, 5.74) is 2.79. The average Bonchev–Trinajstić information content (AvgIpc) is 2.79. The van der Waals surface area contributed by atoms with Crippen LogP contribution in [-0.4, -0.2) is 74.8 Å². The molecule has 0 aliphatic carbocycles. The standard InChI is InChI=1S/C26H32N2O4S/c1-20-8-3-4-10-25(20)33(30,31)27-15-5-6-16-28-23(18-27)26(24(28)19-29)22-13-11-21(12-14-22)9-7-17-32-2/h3-4,8,10-14,23-24,26,29H,5-6,15-19H2,1-2H3/t23-,24-,26-/m1/s1. The lowest BCUT2D eigenvalue weighted by atomic mass is 9.74. The monoisotopic (exact) mass is 468 g/mol. The van der Waals surface area contributed by atoms with Crippen LogP contribution in [0.15, 0.2) is 53.4 Å². The molecule has 2 aliphatic rings. The summed E-state index contributed by atoms with van der Waals surface area (Å²) >= 11 is 0. The van der Waals surface area contributed by atoms with E-state index in [4.69, 9.17) is 4.74 Å². The van der Waals surface area contributed by atoms with Crippen molar-refractivity contribution in [3.05, 3.63) is 65.2 Å². The Bertz CT molecular complexity index is 1120. The fourth-order valence-electron chi connectivity index (χ4n) is 5.11. The van der Waals surface area contributed by atoms with Crippen LogP contribution in [0, 0.1) is 18.8 Å². The Hall–Kier alpha value is -2.21. The second kappa shape index (κ2) is 10.4. The largest absolute Gasteiger partial charge is 0.395 e. The van der Waals surface area contributed by atoms with Crippen LogP contribution in [0.1, 0.15) is 35.4 Å². The zero-order chi connectivity index (χ0) is 23.4. The van der Waals surface area contributed by atoms with E-state index in [9.17, 15) is 13.5 Å². The van der Waals surface area contributed by atoms with Gasteiger partial charge in [0.25, 0.3) is 0 Å². The Morgan fingerprint density at radius 2 is 1.82 bits per heavy atom. The number of methoxy groups -OCH3 is 1. The van der Waals surface area contributed by atoms with Gasteiger partial charge in [-0.1, -0.05) is 42.2 Å². The van der Waals surface area contributed by atoms with E-state index in [1.807, 2.05) is 31.2 Å². The summed E-state index contributed by atoms with van der Waals surface area (Å²) in [6.45, 7) is 4.11. The summed E-state index contributed by atoms with van der Waals surface area (Å²) < 4.78 is 33.7. The van der Waals surface area contributed by atoms with Gasteiger partial charge >= 0.3 is 0 Å². The molecule has 2 saturated heterocycles. The molecule has 2 fully saturated rings. The molecule has 33 heavy (non-hydrogen) atoms. The van der Waals surface area contributed by atoms with Gasteiger partial charge in [0.1, 0.15) is 6.61 Å². The van der Waals surface area contributed by atoms with E-state index in [0.29, 0.717) is 24.6 Å². The number of hydrogen-bond donors (Lipinski definition) is 1. The number of hydrogen-bond acceptors (Lipinski definition) is 5. The zero-order valence-electron chi connectivity index (χ0n) is 19.3. The van der Waals surface area contributed by atoms with Crippen molar-refractivity contribution < 1.29 is 18.3 Å². The number of sulfonamides is 1. The van der Waals surface area contributed by atoms with Gasteiger partial charge < -0.3 is 9.84 Å². The Morgan fingerprint density at radius 3 is 2.52 bits per heavy atom. The average molecular weight is 469 g/mol. The van der Waals surface area contributed by atoms with Crippen LogP contribution in [0.5, 0.6) is 0 Å². The number of nitrogens with zero attached hydrogens (tertiary/aromatic N) is 2. The van der Waals surface area contributed by atoms with Gasteiger partial charge in [-0.15, -0.1) is 0 Å². The predicted molar refractivity (Wildman–Crippen MR) is 128 cm³/mol. The predicted octanol–water partition coefficient (Wildman–Crippen LogP) is 2.61. The van der Waals surface area contributed by atoms with E-state index in [2.05, 4.69) is 28.9 Å². The highest BCUT2D eigenvalue weighted by Gasteiger charge is 2.50. The molecule has 0 amide bonds. The van der Waals surface area contributed by atoms with Crippen molar-refractivity contribution in [1.29, 1.82) is 0 Å². The van der Waals surface area contributed by atoms with E-state index in [1.54, 1.807) is 23.5 Å². The van der Waals surface area contributed by atoms with Crippen LogP contribution < -0.4 is 0 Å². The number of aliphatic hydroxyl groups excluding tert-OH is 1. The van der Waals surface area contributed by atoms with E-state index < -0.39 is 10.0 Å². The first-order valence-corrected chi connectivity index (χ1v) is 12.9. The number of benzene rings is 2. The first kappa shape index (κ1) is 23.9. The molecular weight excluding hydrogens is 436 g/mol. The van der Waals surface area contributed by atoms with Gasteiger partial charge in [0.2, 0.25) is 10.0 Å². The fraction of sp³-hybridized carbons (Fsp3) is 0.462. The van der Waals surface area contributed by atoms with Gasteiger partial charge in [0.05, 0.1) is 11.5 Å². The number of aryl methyl sites for hydroxylation is 1. The van der Waals surface area contributed by atoms with Crippen molar-refractivity contribution in [3.8, 4) is 11.8 Å². The third-order valence-electron chi connectivity index (χ3n) is 6.79. The number of aliphatic hydroxyl groups is 1. The zero-order valence-corrected chi connectivity index (χ0v) is 20.1. The quantitative estimate of drug-likeness (QED) is 0.683. The molecule has 4 rings (SSSR count). The summed E-state index contributed by atoms with van der Waals surface area (Å²) in [4.78, 5) is 2.67. The van der Waals surface area contributed by atoms with Crippen LogP contribution in [-0.2, 0) is 14.8 Å². The molecule has 3 atom stereocenters. The lowest BCUT2D eigenvalue weighted by molar-refractivity contribution is -0.0553. The Morgan fingerprint density at radius 1 is 1.09 bits per heavy atom. The van der Waals surface area contributed by atoms with Gasteiger partial charge in [-0.25, -0.2) is 8.42 Å². The summed E-state index contributed by atoms with van der Waals surface area (Å²) in [6.07, 6.45) is 1.72. The number of ether oxygens (including phenoxy) is 1. The summed E-state index contributed by atoms with van der Waals surface area (Å²) in [5, 5.41) is 10.1. The molecule has 6 nitrogen and oxygen atoms in total. The molecule has 0 radical (unpaired) electrons. The van der Waals surface area contributed by atoms with Crippen molar-refractivity contribution in [1.82, 2.24) is 9.21 Å². The molecule has 0 bridgehead atoms. The number of rotatable bonds is 5. The lowest BCUT2D eigenvalue weighted by Crippen LogP contribution is -2.67. The maximum Gasteiger partial charge on any atom is 0.243 e. The Labute approximate surface area is 197 Å². The molecule has 176 valence electrons. The molecule has 0 spiro atoms. The molecule has 7 heteroatoms. The van der Waals surface area contributed by atoms with Crippen LogP contribution >= 0.6 is 0 Å². The minimum atomic E-state index is -3.59. The normalized spacial score (nSPS) is 24.0. The lowest BCUT2D eigenvalue weighted by Gasteiger charge is -2.57. The van der Waals surface area contributed by atoms with Crippen molar-refractivity contribution in [2.75, 3.05) is 40.0 Å². The molecule has 1 N–H and O–H groups in total. The highest BCUT2D eigenvalue weighted by molar-refractivity contribution is 7.89. The highest BCUT2D eigenvalue weighted by Crippen LogP contribution is 2.42. The van der Waals surface area contributed by atoms with E-state index >= 15 is 0 Å². The first-order valence-electron chi connectivity index (χ1n) is 11.5. The topological polar surface area (TPSA) is 70.1 Å². The molecule has 2 aromatic rings. The van der Waals surface area contributed by atoms with E-state index in [-0.39, 0.29) is 24.6 Å². The third-order valence-corrected chi connectivity index (χ3v) is 8.81. The maximum atomic E-state index is 13.5. The maximum absolute atomic E-state index is 13.5. The van der Waals surface area contributed by atoms with Crippen molar-refractivity contribution in [2.24, 2.45) is 0 Å². The van der Waals surface area contributed by atoms with E-state index in [1.165, 1.54) is 0 Å². The molecule has 0 saturated carbocycles. The molecular formula is C26H32N2O4S. The van der Waals surface area contributed by atoms with Gasteiger partial charge in [-0.2, -0.15) is 4.31 Å². The molecule has 2 heterocycles. The molecule has 0 unspecified atom stereocenters. The molecule has 2 aliphatic heterocycles. The smallest absolute Gasteiger partial charge is 0.243 e. The van der Waals surface area contributed by atoms with Crippen molar-refractivity contribution in [3.63, 3.8) is 0 Å². The van der Waals surface area contributed by atoms with Gasteiger partial charge in [0.15, 0.2) is 0 Å². The third kappa shape index (κ3) is 4.86. The van der Waals surface area contributed by atoms with Crippen molar-refractivity contribution >= 4 is 10.0 Å². The second-order valence-corrected chi connectivity index (χ2v) is 10.7. The van der Waals surface area contributed by atoms with Crippen LogP contribution in [0.2, 0.25) is 0 Å². The van der Waals surface area contributed by atoms with Gasteiger partial charge in [-0.3, -0.25) is 4.90 Å². The summed E-state index contributed by atoms with van der Waals surface area (Å²) in [7, 11) is -1.97. The van der Waals surface area contributed by atoms with E-state index in [0.717, 1.165) is 36.1 Å². The van der Waals surface area contributed by atoms with Gasteiger partial charge in [0, 0.05) is 43.8 Å². The SMILES string of the molecule is COCC#Cc1ccc([C@H]2[C@@H](CO)N3CCCCN(S(=O)(=O)c4ccccc4C)C[C@H]23)cc1. The van der Waals surface area contributed by atoms with Gasteiger partial charge in [-0.05, 0) is 55.6 Å². The first-order chi connectivity index (χ1) is 16.0. The van der Waals surface area contributed by atoms with Crippen LogP contribution in [0.4, 0.5) is 0 Å². The van der Waals surface area contributed by atoms with Crippen molar-refractivity contribution in [2.45, 2.75) is 42.7 Å². The summed E-state index contributed by atoms with van der Waals surface area (Å²) in [5.74, 6) is 6.11. The Balaban J connectivity index is 1.60. The van der Waals surface area contributed by atoms with Crippen LogP contribution in [0.25, 0.3) is 0 Å². The molecule has 0 aromatic heterocycles. The minimum Gasteiger partial charge on any atom is -0.395 e. The van der Waals surface area contributed by atoms with Crippen LogP contribution in [0.3, 0.4) is 0 Å². The minimum absolute atomic E-state index is 0.00143. The number of fused-ring (bicyclic) bond motifs is 1. The fourth-order valence-corrected chi connectivity index (χ4v) is 6.83. The second-order valence-electron chi connectivity index (χ2n) is 8.77.